The highest BCUT2D eigenvalue weighted by Crippen LogP contribution is 2.79. The SMILES string of the molecule is CC(CC(=O)C[C@](C)(O)C1=C[C@@H](O)[C@]2(C)[C@]1(C)C(=O)C=C1[C@]23O[C@H]3C[C@H]2[C@](C)(CO)[C@@H](O)CC[C@]12C)C(=O)O. The Bertz CT molecular complexity index is 1200. The molecule has 9 heteroatoms. The Morgan fingerprint density at radius 3 is 2.44 bits per heavy atom. The van der Waals surface area contributed by atoms with Gasteiger partial charge in [-0.15, -0.1) is 0 Å². The Balaban J connectivity index is 1.57. The van der Waals surface area contributed by atoms with Gasteiger partial charge in [-0.2, -0.15) is 0 Å². The summed E-state index contributed by atoms with van der Waals surface area (Å²) in [6, 6.07) is 0. The van der Waals surface area contributed by atoms with E-state index in [0.717, 1.165) is 5.57 Å². The number of aliphatic carboxylic acids is 1. The predicted molar refractivity (Wildman–Crippen MR) is 139 cm³/mol. The second-order valence-electron chi connectivity index (χ2n) is 14.0. The molecular formula is C30H42O9. The molecule has 11 atom stereocenters. The van der Waals surface area contributed by atoms with Crippen LogP contribution in [0.4, 0.5) is 0 Å². The number of ketones is 2. The Kier molecular flexibility index (Phi) is 6.10. The number of carboxylic acids is 1. The van der Waals surface area contributed by atoms with Crippen LogP contribution in [-0.4, -0.2) is 79.2 Å². The van der Waals surface area contributed by atoms with Gasteiger partial charge >= 0.3 is 5.97 Å². The first-order valence-electron chi connectivity index (χ1n) is 14.0. The summed E-state index contributed by atoms with van der Waals surface area (Å²) in [6.45, 7) is 10.1. The highest BCUT2D eigenvalue weighted by atomic mass is 16.6. The minimum atomic E-state index is -1.80. The summed E-state index contributed by atoms with van der Waals surface area (Å²) in [5, 5.41) is 53.7. The van der Waals surface area contributed by atoms with Crippen LogP contribution in [0.2, 0.25) is 0 Å². The second kappa shape index (κ2) is 8.32. The number of hydrogen-bond donors (Lipinski definition) is 5. The minimum absolute atomic E-state index is 0.144. The fourth-order valence-electron chi connectivity index (χ4n) is 9.28. The van der Waals surface area contributed by atoms with Gasteiger partial charge in [0.15, 0.2) is 5.78 Å². The van der Waals surface area contributed by atoms with Gasteiger partial charge in [-0.05, 0) is 61.7 Å². The molecule has 216 valence electrons. The van der Waals surface area contributed by atoms with Gasteiger partial charge in [0.2, 0.25) is 0 Å². The van der Waals surface area contributed by atoms with Crippen LogP contribution < -0.4 is 0 Å². The van der Waals surface area contributed by atoms with Crippen LogP contribution in [0.15, 0.2) is 23.3 Å². The van der Waals surface area contributed by atoms with Gasteiger partial charge in [0, 0.05) is 23.7 Å². The zero-order valence-corrected chi connectivity index (χ0v) is 23.7. The largest absolute Gasteiger partial charge is 0.481 e. The third kappa shape index (κ3) is 3.28. The zero-order chi connectivity index (χ0) is 29.1. The smallest absolute Gasteiger partial charge is 0.306 e. The topological polar surface area (TPSA) is 165 Å². The number of fused-ring (bicyclic) bond motifs is 3. The third-order valence-corrected chi connectivity index (χ3v) is 11.9. The molecule has 4 aliphatic carbocycles. The molecule has 0 radical (unpaired) electrons. The first-order chi connectivity index (χ1) is 17.9. The lowest BCUT2D eigenvalue weighted by Gasteiger charge is -2.62. The minimum Gasteiger partial charge on any atom is -0.481 e. The molecule has 1 spiro atoms. The molecule has 1 heterocycles. The van der Waals surface area contributed by atoms with Crippen LogP contribution >= 0.6 is 0 Å². The van der Waals surface area contributed by atoms with E-state index < -0.39 is 62.7 Å². The summed E-state index contributed by atoms with van der Waals surface area (Å²) < 4.78 is 6.53. The number of carbonyl (C=O) groups excluding carboxylic acids is 2. The lowest BCUT2D eigenvalue weighted by molar-refractivity contribution is -0.151. The second-order valence-corrected chi connectivity index (χ2v) is 14.0. The van der Waals surface area contributed by atoms with Crippen molar-refractivity contribution >= 4 is 17.5 Å². The molecule has 5 N–H and O–H groups in total. The van der Waals surface area contributed by atoms with Gasteiger partial charge in [-0.1, -0.05) is 33.8 Å². The van der Waals surface area contributed by atoms with E-state index in [1.165, 1.54) is 19.9 Å². The quantitative estimate of drug-likeness (QED) is 0.237. The van der Waals surface area contributed by atoms with Crippen molar-refractivity contribution in [3.63, 3.8) is 0 Å². The number of aliphatic hydroxyl groups excluding tert-OH is 3. The standard InChI is InChI=1S/C30H42O9/c1-15(24(36)37)9-16(32)13-27(4,38)19-11-22(35)29(6)28(19,5)21(34)10-18-25(2)8-7-20(33)26(3,14-31)17(25)12-23-30(18,29)39-23/h10-11,15,17,20,22-23,31,33,35,38H,7-9,12-14H2,1-6H3,(H,36,37)/t15?,17-,20+,22-,23+,25+,26+,27+,28+,29-,30-/m1/s1. The summed E-state index contributed by atoms with van der Waals surface area (Å²) in [4.78, 5) is 38.3. The molecule has 3 fully saturated rings. The van der Waals surface area contributed by atoms with Crippen molar-refractivity contribution in [1.29, 1.82) is 0 Å². The van der Waals surface area contributed by atoms with Crippen molar-refractivity contribution in [3.05, 3.63) is 23.3 Å². The number of carboxylic acid groups (broad SMARTS) is 1. The number of Topliss-reactive ketones (excluding diaryl/α,β-unsaturated/α-hetero) is 1. The van der Waals surface area contributed by atoms with Crippen LogP contribution in [0.5, 0.6) is 0 Å². The van der Waals surface area contributed by atoms with E-state index in [1.54, 1.807) is 13.0 Å². The molecule has 0 amide bonds. The maximum absolute atomic E-state index is 14.2. The van der Waals surface area contributed by atoms with Gasteiger partial charge in [-0.3, -0.25) is 14.4 Å². The normalized spacial score (nSPS) is 48.4. The van der Waals surface area contributed by atoms with Crippen molar-refractivity contribution in [1.82, 2.24) is 0 Å². The molecule has 2 saturated carbocycles. The number of hydrogen-bond acceptors (Lipinski definition) is 8. The molecule has 1 saturated heterocycles. The van der Waals surface area contributed by atoms with Crippen LogP contribution in [-0.2, 0) is 19.1 Å². The van der Waals surface area contributed by atoms with E-state index in [1.807, 2.05) is 13.8 Å². The molecule has 9 nitrogen and oxygen atoms in total. The van der Waals surface area contributed by atoms with Gasteiger partial charge in [-0.25, -0.2) is 0 Å². The maximum atomic E-state index is 14.2. The van der Waals surface area contributed by atoms with E-state index in [9.17, 15) is 39.9 Å². The molecule has 0 aromatic rings. The van der Waals surface area contributed by atoms with Gasteiger partial charge in [0.05, 0.1) is 41.9 Å². The summed E-state index contributed by atoms with van der Waals surface area (Å²) in [5.74, 6) is -2.90. The molecule has 0 aromatic heterocycles. The molecule has 5 aliphatic rings. The van der Waals surface area contributed by atoms with Crippen LogP contribution in [0, 0.1) is 33.5 Å². The van der Waals surface area contributed by atoms with E-state index in [-0.39, 0.29) is 42.8 Å². The lowest BCUT2D eigenvalue weighted by Crippen LogP contribution is -2.67. The van der Waals surface area contributed by atoms with Crippen molar-refractivity contribution < 1.29 is 44.7 Å². The fourth-order valence-corrected chi connectivity index (χ4v) is 9.28. The number of ether oxygens (including phenoxy) is 1. The van der Waals surface area contributed by atoms with Crippen LogP contribution in [0.1, 0.15) is 73.6 Å². The summed E-state index contributed by atoms with van der Waals surface area (Å²) in [7, 11) is 0. The first-order valence-corrected chi connectivity index (χ1v) is 14.0. The molecule has 0 bridgehead atoms. The van der Waals surface area contributed by atoms with Crippen molar-refractivity contribution in [2.24, 2.45) is 33.5 Å². The summed E-state index contributed by atoms with van der Waals surface area (Å²) >= 11 is 0. The van der Waals surface area contributed by atoms with Crippen molar-refractivity contribution in [3.8, 4) is 0 Å². The monoisotopic (exact) mass is 546 g/mol. The Labute approximate surface area is 228 Å². The molecular weight excluding hydrogens is 504 g/mol. The van der Waals surface area contributed by atoms with E-state index >= 15 is 0 Å². The molecule has 0 aromatic carbocycles. The molecule has 5 rings (SSSR count). The van der Waals surface area contributed by atoms with E-state index in [4.69, 9.17) is 4.74 Å². The average molecular weight is 547 g/mol. The van der Waals surface area contributed by atoms with Crippen molar-refractivity contribution in [2.75, 3.05) is 6.61 Å². The van der Waals surface area contributed by atoms with Crippen LogP contribution in [0.25, 0.3) is 0 Å². The summed E-state index contributed by atoms with van der Waals surface area (Å²) in [6.07, 6.45) is 1.88. The first kappa shape index (κ1) is 28.6. The predicted octanol–water partition coefficient (Wildman–Crippen LogP) is 1.95. The van der Waals surface area contributed by atoms with E-state index in [2.05, 4.69) is 6.92 Å². The highest BCUT2D eigenvalue weighted by Gasteiger charge is 2.85. The zero-order valence-electron chi connectivity index (χ0n) is 23.7. The Morgan fingerprint density at radius 1 is 1.21 bits per heavy atom. The van der Waals surface area contributed by atoms with Gasteiger partial charge < -0.3 is 30.3 Å². The number of allylic oxidation sites excluding steroid dienone is 1. The average Bonchev–Trinajstić information content (AvgIpc) is 3.53. The number of rotatable bonds is 7. The number of epoxide rings is 1. The Morgan fingerprint density at radius 2 is 1.85 bits per heavy atom. The van der Waals surface area contributed by atoms with E-state index in [0.29, 0.717) is 19.3 Å². The van der Waals surface area contributed by atoms with Gasteiger partial charge in [0.1, 0.15) is 11.4 Å². The Hall–Kier alpha value is -1.91. The fraction of sp³-hybridized carbons (Fsp3) is 0.767. The number of carbonyl (C=O) groups is 3. The molecule has 1 unspecified atom stereocenters. The lowest BCUT2D eigenvalue weighted by atomic mass is 9.40. The summed E-state index contributed by atoms with van der Waals surface area (Å²) in [5.41, 5.74) is -5.63. The highest BCUT2D eigenvalue weighted by molar-refractivity contribution is 6.02. The maximum Gasteiger partial charge on any atom is 0.306 e. The third-order valence-electron chi connectivity index (χ3n) is 11.9. The van der Waals surface area contributed by atoms with Crippen molar-refractivity contribution in [2.45, 2.75) is 103 Å². The molecule has 1 aliphatic heterocycles. The van der Waals surface area contributed by atoms with Crippen LogP contribution in [0.3, 0.4) is 0 Å². The number of aliphatic hydroxyl groups is 4. The van der Waals surface area contributed by atoms with Gasteiger partial charge in [0.25, 0.3) is 0 Å². The molecule has 39 heavy (non-hydrogen) atoms.